The molecule has 0 aliphatic carbocycles. The molecule has 0 radical (unpaired) electrons. The summed E-state index contributed by atoms with van der Waals surface area (Å²) in [5.41, 5.74) is 0.372. The Hall–Kier alpha value is -12.4. The summed E-state index contributed by atoms with van der Waals surface area (Å²) < 4.78 is 206. The third kappa shape index (κ3) is 37.0. The van der Waals surface area contributed by atoms with Crippen LogP contribution in [0.15, 0.2) is 30.3 Å². The minimum absolute atomic E-state index is 0.372. The first-order valence-electron chi connectivity index (χ1n) is 44.5. The molecule has 6 aliphatic rings. The van der Waals surface area contributed by atoms with Crippen molar-refractivity contribution >= 4 is 125 Å². The van der Waals surface area contributed by atoms with Crippen LogP contribution < -0.4 is 0 Å². The maximum atomic E-state index is 14.2. The molecule has 55 nitrogen and oxygen atoms in total. The summed E-state index contributed by atoms with van der Waals surface area (Å²) >= 11 is 0. The van der Waals surface area contributed by atoms with Gasteiger partial charge >= 0.3 is 125 Å². The minimum atomic E-state index is -2.54. The molecule has 0 unspecified atom stereocenters. The van der Waals surface area contributed by atoms with Crippen LogP contribution in [0.1, 0.15) is 151 Å². The Morgan fingerprint density at radius 2 is 0.389 bits per heavy atom. The maximum Gasteiger partial charge on any atom is 0.303 e. The number of esters is 21. The quantitative estimate of drug-likeness (QED) is 0.0549. The summed E-state index contributed by atoms with van der Waals surface area (Å²) in [5, 5.41) is 0. The molecule has 0 N–H and O–H groups in total. The summed E-state index contributed by atoms with van der Waals surface area (Å²) in [6.45, 7) is 9.85. The summed E-state index contributed by atoms with van der Waals surface area (Å²) in [7, 11) is 0. The van der Waals surface area contributed by atoms with Gasteiger partial charge in [0.2, 0.25) is 0 Å². The summed E-state index contributed by atoms with van der Waals surface area (Å²) in [4.78, 5) is 280. The Labute approximate surface area is 821 Å². The molecule has 0 aromatic heterocycles. The van der Waals surface area contributed by atoms with E-state index in [-0.39, 0.29) is 0 Å². The molecule has 0 spiro atoms. The molecule has 55 heteroatoms. The van der Waals surface area contributed by atoms with Crippen molar-refractivity contribution in [3.05, 3.63) is 35.9 Å². The number of ether oxygens (including phenoxy) is 34. The standard InChI is InChI=1S/C89H118O55/c1-36(90)112-30-60-66(119-42(7)96)72(122-45(10)99)81(131-54(19)108)87(139-60)142-69-63(33-115-39(4)93)136-84(78(128-51(16)105)75(69)125-48(13)102)118-29-59(135-86-80(130-53(18)107)77(127-50(15)104)71(65(138-86)35-117-41(6)95)144-89-83(133-56(21)110)74(124-47(12)101)68(121-44(9)98)62(141-89)32-114-38(3)92)58(28-111-27-57-25-23-22-24-26-57)134-85-79(129-52(17)106)76(126-49(14)103)70(64(137-85)34-116-40(5)94)143-88-82(132-55(20)109)73(123-46(11)100)67(120-43(8)97)61(140-88)31-113-37(2)91/h22-26,58-89H,27-35H2,1-21H3/t58-,59-,60-,61-,62-,63-,64-,65-,66+,67+,68+,69-,70-,71-,72+,73+,74+,75+,76+,77+,78-,79-,80-,81-,82-,83-,84-,85-,86-,87+,88+,89+/m1/s1. The molecule has 32 atom stereocenters. The Balaban J connectivity index is 1.57. The number of benzene rings is 1. The van der Waals surface area contributed by atoms with Crippen LogP contribution in [0.5, 0.6) is 0 Å². The van der Waals surface area contributed by atoms with Crippen molar-refractivity contribution < 1.29 is 262 Å². The van der Waals surface area contributed by atoms with Crippen molar-refractivity contribution in [2.24, 2.45) is 0 Å². The van der Waals surface area contributed by atoms with Crippen LogP contribution in [-0.2, 0) is 268 Å². The van der Waals surface area contributed by atoms with Crippen molar-refractivity contribution in [3.63, 3.8) is 0 Å². The van der Waals surface area contributed by atoms with Crippen LogP contribution in [0.3, 0.4) is 0 Å². The van der Waals surface area contributed by atoms with Crippen molar-refractivity contribution in [3.8, 4) is 0 Å². The Morgan fingerprint density at radius 1 is 0.208 bits per heavy atom. The number of carbonyl (C=O) groups is 21. The number of carbonyl (C=O) groups excluding carboxylic acids is 21. The fraction of sp³-hybridized carbons (Fsp3) is 0.697. The average molecular weight is 2070 g/mol. The first kappa shape index (κ1) is 119. The van der Waals surface area contributed by atoms with Gasteiger partial charge in [-0.2, -0.15) is 0 Å². The molecule has 6 fully saturated rings. The zero-order chi connectivity index (χ0) is 107. The highest BCUT2D eigenvalue weighted by atomic mass is 16.8. The van der Waals surface area contributed by atoms with E-state index >= 15 is 0 Å². The lowest BCUT2D eigenvalue weighted by Gasteiger charge is -2.50. The van der Waals surface area contributed by atoms with Crippen molar-refractivity contribution in [1.82, 2.24) is 0 Å². The Bertz CT molecular complexity index is 4650. The summed E-state index contributed by atoms with van der Waals surface area (Å²) in [5.74, 6) is -24.0. The fourth-order valence-corrected chi connectivity index (χ4v) is 15.6. The third-order valence-corrected chi connectivity index (χ3v) is 20.5. The van der Waals surface area contributed by atoms with E-state index in [0.29, 0.717) is 5.56 Å². The Kier molecular flexibility index (Phi) is 46.2. The highest BCUT2D eigenvalue weighted by Crippen LogP contribution is 2.43. The largest absolute Gasteiger partial charge is 0.463 e. The molecule has 6 aliphatic heterocycles. The Morgan fingerprint density at radius 3 is 0.618 bits per heavy atom. The van der Waals surface area contributed by atoms with Gasteiger partial charge in [-0.1, -0.05) is 30.3 Å². The molecule has 1 aromatic carbocycles. The zero-order valence-electron chi connectivity index (χ0n) is 82.2. The second-order valence-corrected chi connectivity index (χ2v) is 32.7. The first-order valence-corrected chi connectivity index (χ1v) is 44.5. The summed E-state index contributed by atoms with van der Waals surface area (Å²) in [6, 6.07) is 7.92. The normalized spacial score (nSPS) is 30.5. The second kappa shape index (κ2) is 56.2. The van der Waals surface area contributed by atoms with Gasteiger partial charge in [-0.15, -0.1) is 0 Å². The van der Waals surface area contributed by atoms with Crippen molar-refractivity contribution in [1.29, 1.82) is 0 Å². The van der Waals surface area contributed by atoms with Gasteiger partial charge in [-0.25, -0.2) is 0 Å². The van der Waals surface area contributed by atoms with E-state index in [0.717, 1.165) is 145 Å². The molecular weight excluding hydrogens is 1950 g/mol. The molecule has 144 heavy (non-hydrogen) atoms. The zero-order valence-corrected chi connectivity index (χ0v) is 82.2. The smallest absolute Gasteiger partial charge is 0.303 e. The van der Waals surface area contributed by atoms with Crippen LogP contribution >= 0.6 is 0 Å². The minimum Gasteiger partial charge on any atom is -0.463 e. The number of hydrogen-bond donors (Lipinski definition) is 0. The van der Waals surface area contributed by atoms with E-state index in [2.05, 4.69) is 0 Å². The molecular formula is C89H118O55. The van der Waals surface area contributed by atoms with E-state index in [9.17, 15) is 101 Å². The predicted molar refractivity (Wildman–Crippen MR) is 451 cm³/mol. The first-order chi connectivity index (χ1) is 67.7. The average Bonchev–Trinajstić information content (AvgIpc) is 0.644. The fourth-order valence-electron chi connectivity index (χ4n) is 15.6. The van der Waals surface area contributed by atoms with Gasteiger partial charge in [0.15, 0.2) is 129 Å². The van der Waals surface area contributed by atoms with Gasteiger partial charge in [0, 0.05) is 145 Å². The number of rotatable bonds is 45. The topological polar surface area (TPSA) is 672 Å². The molecule has 1 aromatic rings. The van der Waals surface area contributed by atoms with Crippen LogP contribution in [0.4, 0.5) is 0 Å². The molecule has 0 bridgehead atoms. The molecule has 6 saturated heterocycles. The SMILES string of the molecule is CC(=O)OC[C@H]1O[C@@H](O[C@H]2[C@H](OC(C)=O)[C@@H](OC(C)=O)[C@H](OC[C@@H](O[C@@H]3O[C@H](COC(C)=O)[C@@H](O[C@@H]4O[C@H](COC(C)=O)[C@H](OC(C)=O)[C@H](OC(C)=O)[C@H]4OC(C)=O)[C@H](OC(C)=O)[C@H]3OC(C)=O)[C@@H](COCc3ccccc3)O[C@@H]3O[C@H](COC(C)=O)[C@@H](O[C@@H]4O[C@H](COC(C)=O)[C@H](OC(C)=O)[C@H](OC(C)=O)[C@H]4OC(C)=O)[C@H](OC(C)=O)[C@H]3OC(C)=O)O[C@@H]2COC(C)=O)[C@H](OC(C)=O)[C@@H](OC(C)=O)[C@H]1OC(C)=O. The van der Waals surface area contributed by atoms with E-state index in [1.807, 2.05) is 0 Å². The van der Waals surface area contributed by atoms with Crippen molar-refractivity contribution in [2.45, 2.75) is 348 Å². The molecule has 7 rings (SSSR count). The summed E-state index contributed by atoms with van der Waals surface area (Å²) in [6.07, 6.45) is -69.0. The lowest BCUT2D eigenvalue weighted by Crippen LogP contribution is -2.68. The second-order valence-electron chi connectivity index (χ2n) is 32.7. The molecule has 0 amide bonds. The third-order valence-electron chi connectivity index (χ3n) is 20.5. The number of hydrogen-bond acceptors (Lipinski definition) is 55. The van der Waals surface area contributed by atoms with Gasteiger partial charge in [0.1, 0.15) is 107 Å². The van der Waals surface area contributed by atoms with Crippen LogP contribution in [0.2, 0.25) is 0 Å². The van der Waals surface area contributed by atoms with Crippen molar-refractivity contribution in [2.75, 3.05) is 52.9 Å². The lowest BCUT2D eigenvalue weighted by atomic mass is 9.95. The lowest BCUT2D eigenvalue weighted by molar-refractivity contribution is -0.382. The van der Waals surface area contributed by atoms with Gasteiger partial charge < -0.3 is 161 Å². The van der Waals surface area contributed by atoms with Crippen LogP contribution in [0.25, 0.3) is 0 Å². The van der Waals surface area contributed by atoms with Crippen LogP contribution in [-0.4, -0.2) is 375 Å². The molecule has 0 saturated carbocycles. The van der Waals surface area contributed by atoms with Gasteiger partial charge in [-0.3, -0.25) is 101 Å². The van der Waals surface area contributed by atoms with E-state index < -0.39 is 381 Å². The van der Waals surface area contributed by atoms with Gasteiger partial charge in [-0.05, 0) is 5.56 Å². The highest BCUT2D eigenvalue weighted by Gasteiger charge is 2.64. The molecule has 6 heterocycles. The maximum absolute atomic E-state index is 14.2. The van der Waals surface area contributed by atoms with E-state index in [4.69, 9.17) is 161 Å². The van der Waals surface area contributed by atoms with Gasteiger partial charge in [0.25, 0.3) is 0 Å². The predicted octanol–water partition coefficient (Wildman–Crippen LogP) is -1.15. The van der Waals surface area contributed by atoms with E-state index in [1.165, 1.54) is 0 Å². The van der Waals surface area contributed by atoms with Gasteiger partial charge in [0.05, 0.1) is 19.8 Å². The highest BCUT2D eigenvalue weighted by molar-refractivity contribution is 5.74. The van der Waals surface area contributed by atoms with Crippen LogP contribution in [0, 0.1) is 0 Å². The van der Waals surface area contributed by atoms with E-state index in [1.54, 1.807) is 30.3 Å². The monoisotopic (exact) mass is 2070 g/mol. The molecule has 804 valence electrons.